The molecule has 1 saturated heterocycles. The Balaban J connectivity index is 1.70. The van der Waals surface area contributed by atoms with Gasteiger partial charge in [-0.1, -0.05) is 23.9 Å². The van der Waals surface area contributed by atoms with Crippen molar-refractivity contribution in [3.63, 3.8) is 0 Å². The monoisotopic (exact) mass is 304 g/mol. The molecule has 2 aliphatic rings. The molecular formula is C14H16N4S2. The Bertz CT molecular complexity index is 650. The van der Waals surface area contributed by atoms with Crippen molar-refractivity contribution >= 4 is 39.3 Å². The number of hydrogen-bond acceptors (Lipinski definition) is 6. The molecule has 1 fully saturated rings. The van der Waals surface area contributed by atoms with Gasteiger partial charge in [0.1, 0.15) is 11.0 Å². The first-order valence-electron chi connectivity index (χ1n) is 6.90. The largest absolute Gasteiger partial charge is 0.355 e. The van der Waals surface area contributed by atoms with Gasteiger partial charge in [-0.15, -0.1) is 11.3 Å². The maximum absolute atomic E-state index is 4.55. The fourth-order valence-electron chi connectivity index (χ4n) is 3.22. The number of fused-ring (bicyclic) bond motifs is 2. The summed E-state index contributed by atoms with van der Waals surface area (Å²) in [5.74, 6) is 2.66. The van der Waals surface area contributed by atoms with Crippen molar-refractivity contribution in [1.29, 1.82) is 0 Å². The second-order valence-electron chi connectivity index (χ2n) is 5.40. The van der Waals surface area contributed by atoms with Crippen LogP contribution in [-0.4, -0.2) is 34.3 Å². The van der Waals surface area contributed by atoms with Gasteiger partial charge in [0.05, 0.1) is 0 Å². The predicted octanol–water partition coefficient (Wildman–Crippen LogP) is 3.21. The van der Waals surface area contributed by atoms with E-state index in [0.717, 1.165) is 45.4 Å². The van der Waals surface area contributed by atoms with Gasteiger partial charge in [0, 0.05) is 13.1 Å². The number of hydrogen-bond donors (Lipinski definition) is 0. The van der Waals surface area contributed by atoms with Gasteiger partial charge < -0.3 is 4.90 Å². The predicted molar refractivity (Wildman–Crippen MR) is 84.6 cm³/mol. The van der Waals surface area contributed by atoms with E-state index in [1.165, 1.54) is 12.8 Å². The third kappa shape index (κ3) is 2.02. The van der Waals surface area contributed by atoms with Crippen molar-refractivity contribution in [2.24, 2.45) is 11.8 Å². The smallest absolute Gasteiger partial charge is 0.176 e. The summed E-state index contributed by atoms with van der Waals surface area (Å²) in [6.07, 6.45) is 10.8. The molecule has 104 valence electrons. The maximum atomic E-state index is 4.55. The lowest BCUT2D eigenvalue weighted by Gasteiger charge is -2.17. The second-order valence-corrected chi connectivity index (χ2v) is 7.45. The van der Waals surface area contributed by atoms with E-state index in [2.05, 4.69) is 38.3 Å². The highest BCUT2D eigenvalue weighted by molar-refractivity contribution is 8.00. The molecule has 0 saturated carbocycles. The number of aromatic nitrogens is 3. The standard InChI is InChI=1S/C14H16N4S2/c1-19-14-17-12-11(20-14)13(16-8-15-12)18-6-9-4-2-3-5-10(9)7-18/h2-3,8-10H,4-7H2,1H3. The Hall–Kier alpha value is -1.14. The molecule has 0 aromatic carbocycles. The summed E-state index contributed by atoms with van der Waals surface area (Å²) in [6, 6.07) is 0. The number of nitrogens with zero attached hydrogens (tertiary/aromatic N) is 4. The maximum Gasteiger partial charge on any atom is 0.176 e. The first kappa shape index (κ1) is 12.6. The van der Waals surface area contributed by atoms with Crippen LogP contribution in [0.4, 0.5) is 5.82 Å². The summed E-state index contributed by atoms with van der Waals surface area (Å²) < 4.78 is 2.21. The first-order chi connectivity index (χ1) is 9.85. The average molecular weight is 304 g/mol. The molecule has 2 aromatic heterocycles. The normalized spacial score (nSPS) is 25.4. The average Bonchev–Trinajstić information content (AvgIpc) is 3.09. The molecule has 0 amide bonds. The molecule has 0 radical (unpaired) electrons. The van der Waals surface area contributed by atoms with Crippen LogP contribution in [0.2, 0.25) is 0 Å². The highest BCUT2D eigenvalue weighted by Gasteiger charge is 2.34. The zero-order chi connectivity index (χ0) is 13.5. The van der Waals surface area contributed by atoms with E-state index in [-0.39, 0.29) is 0 Å². The fraction of sp³-hybridized carbons (Fsp3) is 0.500. The van der Waals surface area contributed by atoms with Gasteiger partial charge in [-0.05, 0) is 30.9 Å². The number of anilines is 1. The van der Waals surface area contributed by atoms with Gasteiger partial charge in [0.2, 0.25) is 0 Å². The molecule has 0 N–H and O–H groups in total. The van der Waals surface area contributed by atoms with Gasteiger partial charge in [0.25, 0.3) is 0 Å². The summed E-state index contributed by atoms with van der Waals surface area (Å²) in [5, 5.41) is 0. The minimum absolute atomic E-state index is 0.790. The Morgan fingerprint density at radius 1 is 1.20 bits per heavy atom. The Labute approximate surface area is 126 Å². The van der Waals surface area contributed by atoms with Crippen LogP contribution in [0.15, 0.2) is 22.8 Å². The molecule has 6 heteroatoms. The molecule has 4 nitrogen and oxygen atoms in total. The van der Waals surface area contributed by atoms with E-state index in [1.54, 1.807) is 29.4 Å². The summed E-state index contributed by atoms with van der Waals surface area (Å²) >= 11 is 3.39. The molecule has 2 unspecified atom stereocenters. The number of rotatable bonds is 2. The van der Waals surface area contributed by atoms with Crippen LogP contribution < -0.4 is 4.90 Å². The summed E-state index contributed by atoms with van der Waals surface area (Å²) in [6.45, 7) is 2.24. The molecule has 1 aliphatic carbocycles. The van der Waals surface area contributed by atoms with Crippen LogP contribution in [0.3, 0.4) is 0 Å². The molecule has 1 aliphatic heterocycles. The minimum Gasteiger partial charge on any atom is -0.355 e. The number of thioether (sulfide) groups is 1. The quantitative estimate of drug-likeness (QED) is 0.629. The SMILES string of the molecule is CSc1nc2ncnc(N3CC4CC=CCC4C3)c2s1. The second kappa shape index (κ2) is 5.00. The van der Waals surface area contributed by atoms with Crippen molar-refractivity contribution in [1.82, 2.24) is 15.0 Å². The molecule has 2 aromatic rings. The summed E-state index contributed by atoms with van der Waals surface area (Å²) in [5.41, 5.74) is 0.845. The van der Waals surface area contributed by atoms with Gasteiger partial charge >= 0.3 is 0 Å². The highest BCUT2D eigenvalue weighted by atomic mass is 32.2. The minimum atomic E-state index is 0.790. The molecule has 0 spiro atoms. The lowest BCUT2D eigenvalue weighted by atomic mass is 9.86. The van der Waals surface area contributed by atoms with Crippen LogP contribution in [0.5, 0.6) is 0 Å². The van der Waals surface area contributed by atoms with Crippen LogP contribution >= 0.6 is 23.1 Å². The van der Waals surface area contributed by atoms with Gasteiger partial charge in [-0.2, -0.15) is 0 Å². The molecule has 0 bridgehead atoms. The van der Waals surface area contributed by atoms with E-state index in [4.69, 9.17) is 0 Å². The van der Waals surface area contributed by atoms with Gasteiger partial charge in [0.15, 0.2) is 15.8 Å². The highest BCUT2D eigenvalue weighted by Crippen LogP contribution is 2.38. The molecule has 4 rings (SSSR count). The van der Waals surface area contributed by atoms with Gasteiger partial charge in [-0.25, -0.2) is 15.0 Å². The van der Waals surface area contributed by atoms with Crippen LogP contribution in [0, 0.1) is 11.8 Å². The Morgan fingerprint density at radius 2 is 1.95 bits per heavy atom. The van der Waals surface area contributed by atoms with E-state index < -0.39 is 0 Å². The third-order valence-electron chi connectivity index (χ3n) is 4.25. The topological polar surface area (TPSA) is 41.9 Å². The third-order valence-corrected chi connectivity index (χ3v) is 6.27. The van der Waals surface area contributed by atoms with Crippen LogP contribution in [0.1, 0.15) is 12.8 Å². The lowest BCUT2D eigenvalue weighted by molar-refractivity contribution is 0.411. The van der Waals surface area contributed by atoms with Crippen molar-refractivity contribution in [2.45, 2.75) is 17.2 Å². The van der Waals surface area contributed by atoms with E-state index in [1.807, 2.05) is 0 Å². The van der Waals surface area contributed by atoms with Crippen LogP contribution in [-0.2, 0) is 0 Å². The number of thiazole rings is 1. The molecule has 3 heterocycles. The zero-order valence-electron chi connectivity index (χ0n) is 11.3. The summed E-state index contributed by atoms with van der Waals surface area (Å²) in [7, 11) is 0. The first-order valence-corrected chi connectivity index (χ1v) is 8.94. The lowest BCUT2D eigenvalue weighted by Crippen LogP contribution is -2.21. The van der Waals surface area contributed by atoms with E-state index >= 15 is 0 Å². The molecule has 2 atom stereocenters. The van der Waals surface area contributed by atoms with Crippen molar-refractivity contribution in [3.05, 3.63) is 18.5 Å². The number of allylic oxidation sites excluding steroid dienone is 2. The molecule has 20 heavy (non-hydrogen) atoms. The van der Waals surface area contributed by atoms with E-state index in [0.29, 0.717) is 0 Å². The van der Waals surface area contributed by atoms with Crippen molar-refractivity contribution in [3.8, 4) is 0 Å². The fourth-order valence-corrected chi connectivity index (χ4v) is 4.75. The van der Waals surface area contributed by atoms with Crippen molar-refractivity contribution in [2.75, 3.05) is 24.2 Å². The van der Waals surface area contributed by atoms with Crippen molar-refractivity contribution < 1.29 is 0 Å². The van der Waals surface area contributed by atoms with Gasteiger partial charge in [-0.3, -0.25) is 0 Å². The summed E-state index contributed by atoms with van der Waals surface area (Å²) in [4.78, 5) is 15.8. The zero-order valence-corrected chi connectivity index (χ0v) is 13.0. The van der Waals surface area contributed by atoms with Crippen LogP contribution in [0.25, 0.3) is 10.3 Å². The Morgan fingerprint density at radius 3 is 2.65 bits per heavy atom. The Kier molecular flexibility index (Phi) is 3.15. The molecular weight excluding hydrogens is 288 g/mol. The van der Waals surface area contributed by atoms with E-state index in [9.17, 15) is 0 Å².